The quantitative estimate of drug-likeness (QED) is 0.126. The minimum atomic E-state index is -0.116. The molecule has 2 aromatic heterocycles. The van der Waals surface area contributed by atoms with Crippen LogP contribution in [0.2, 0.25) is 0 Å². The molecule has 2 aliphatic carbocycles. The van der Waals surface area contributed by atoms with Crippen LogP contribution in [0.25, 0.3) is 0 Å². The number of benzene rings is 2. The van der Waals surface area contributed by atoms with E-state index in [1.165, 1.54) is 34.7 Å². The summed E-state index contributed by atoms with van der Waals surface area (Å²) in [4.78, 5) is 63.9. The molecule has 0 unspecified atom stereocenters. The Hall–Kier alpha value is -5.60. The number of nitrogens with one attached hydrogen (secondary N) is 2. The SMILES string of the molecule is COc1ccc([C@H](C)N2C(=O)C3=C(CCCC3)[C@@H]2SCC(=O)Nc2ccccn2)cc1.COc1ccc([C@H](C)N2C(=O)C3=C(CCCC3)[C@H]2SCC(=O)Nc2ccccn2)cc1. The van der Waals surface area contributed by atoms with E-state index in [1.807, 2.05) is 82.6 Å². The van der Waals surface area contributed by atoms with Crippen LogP contribution in [0.5, 0.6) is 11.5 Å². The lowest BCUT2D eigenvalue weighted by atomic mass is 9.94. The molecule has 4 aromatic rings. The number of carbonyl (C=O) groups is 4. The smallest absolute Gasteiger partial charge is 0.251 e. The molecule has 14 heteroatoms. The van der Waals surface area contributed by atoms with Crippen molar-refractivity contribution in [3.63, 3.8) is 0 Å². The summed E-state index contributed by atoms with van der Waals surface area (Å²) in [6.45, 7) is 4.11. The number of nitrogens with zero attached hydrogens (tertiary/aromatic N) is 4. The van der Waals surface area contributed by atoms with Crippen LogP contribution in [0.4, 0.5) is 11.6 Å². The summed E-state index contributed by atoms with van der Waals surface area (Å²) in [5.74, 6) is 3.18. The average Bonchev–Trinajstić information content (AvgIpc) is 3.76. The fourth-order valence-electron chi connectivity index (χ4n) is 8.50. The minimum Gasteiger partial charge on any atom is -0.497 e. The molecule has 4 aliphatic rings. The molecule has 0 saturated heterocycles. The molecular formula is C48H54N6O6S2. The Bertz CT molecular complexity index is 2110. The molecule has 0 bridgehead atoms. The van der Waals surface area contributed by atoms with Gasteiger partial charge in [-0.1, -0.05) is 36.4 Å². The molecule has 4 heterocycles. The average molecular weight is 875 g/mol. The summed E-state index contributed by atoms with van der Waals surface area (Å²) in [6.07, 6.45) is 11.1. The van der Waals surface area contributed by atoms with Crippen LogP contribution >= 0.6 is 23.5 Å². The molecular weight excluding hydrogens is 821 g/mol. The molecule has 8 rings (SSSR count). The van der Waals surface area contributed by atoms with E-state index in [1.54, 1.807) is 38.7 Å². The molecule has 0 fully saturated rings. The number of anilines is 2. The highest BCUT2D eigenvalue weighted by Crippen LogP contribution is 2.46. The van der Waals surface area contributed by atoms with E-state index < -0.39 is 0 Å². The van der Waals surface area contributed by atoms with Gasteiger partial charge in [-0.15, -0.1) is 23.5 Å². The third-order valence-electron chi connectivity index (χ3n) is 11.7. The van der Waals surface area contributed by atoms with E-state index in [0.717, 1.165) is 85.1 Å². The predicted molar refractivity (Wildman–Crippen MR) is 246 cm³/mol. The summed E-state index contributed by atoms with van der Waals surface area (Å²) < 4.78 is 10.5. The fourth-order valence-corrected chi connectivity index (χ4v) is 11.1. The second-order valence-corrected chi connectivity index (χ2v) is 17.7. The third-order valence-corrected chi connectivity index (χ3v) is 14.3. The van der Waals surface area contributed by atoms with Crippen molar-refractivity contribution in [1.82, 2.24) is 19.8 Å². The summed E-state index contributed by atoms with van der Waals surface area (Å²) in [7, 11) is 3.28. The van der Waals surface area contributed by atoms with Crippen LogP contribution in [0.3, 0.4) is 0 Å². The van der Waals surface area contributed by atoms with Gasteiger partial charge in [0.1, 0.15) is 33.9 Å². The zero-order valence-electron chi connectivity index (χ0n) is 35.7. The molecule has 4 atom stereocenters. The number of hydrogen-bond acceptors (Lipinski definition) is 10. The topological polar surface area (TPSA) is 143 Å². The number of carbonyl (C=O) groups excluding carboxylic acids is 4. The van der Waals surface area contributed by atoms with Crippen molar-refractivity contribution in [3.05, 3.63) is 131 Å². The lowest BCUT2D eigenvalue weighted by molar-refractivity contribution is -0.128. The first-order chi connectivity index (χ1) is 30.2. The molecule has 2 aliphatic heterocycles. The fraction of sp³-hybridized carbons (Fsp3) is 0.375. The van der Waals surface area contributed by atoms with Gasteiger partial charge >= 0.3 is 0 Å². The second kappa shape index (κ2) is 21.0. The third kappa shape index (κ3) is 10.4. The molecule has 62 heavy (non-hydrogen) atoms. The monoisotopic (exact) mass is 874 g/mol. The molecule has 0 spiro atoms. The Morgan fingerprint density at radius 2 is 1.00 bits per heavy atom. The Balaban J connectivity index is 0.000000186. The van der Waals surface area contributed by atoms with Gasteiger partial charge in [-0.2, -0.15) is 0 Å². The summed E-state index contributed by atoms with van der Waals surface area (Å²) in [6, 6.07) is 26.3. The van der Waals surface area contributed by atoms with Crippen LogP contribution in [-0.4, -0.2) is 79.9 Å². The maximum absolute atomic E-state index is 13.3. The van der Waals surface area contributed by atoms with Crippen molar-refractivity contribution < 1.29 is 28.7 Å². The zero-order valence-corrected chi connectivity index (χ0v) is 37.3. The Morgan fingerprint density at radius 3 is 1.35 bits per heavy atom. The van der Waals surface area contributed by atoms with Crippen molar-refractivity contribution in [2.24, 2.45) is 0 Å². The molecule has 4 amide bonds. The highest BCUT2D eigenvalue weighted by Gasteiger charge is 2.44. The van der Waals surface area contributed by atoms with Crippen molar-refractivity contribution >= 4 is 58.8 Å². The number of methoxy groups -OCH3 is 2. The minimum absolute atomic E-state index is 0.0969. The summed E-state index contributed by atoms with van der Waals surface area (Å²) in [5.41, 5.74) is 6.41. The normalized spacial score (nSPS) is 19.2. The molecule has 12 nitrogen and oxygen atoms in total. The van der Waals surface area contributed by atoms with Gasteiger partial charge in [-0.05, 0) is 136 Å². The van der Waals surface area contributed by atoms with Crippen molar-refractivity contribution in [2.75, 3.05) is 36.4 Å². The van der Waals surface area contributed by atoms with E-state index >= 15 is 0 Å². The predicted octanol–water partition coefficient (Wildman–Crippen LogP) is 9.12. The molecule has 324 valence electrons. The summed E-state index contributed by atoms with van der Waals surface area (Å²) >= 11 is 3.04. The Kier molecular flexibility index (Phi) is 15.0. The first-order valence-corrected chi connectivity index (χ1v) is 23.3. The first-order valence-electron chi connectivity index (χ1n) is 21.2. The standard InChI is InChI=1S/2C24H27N3O3S/c2*1-16(17-10-12-18(30-2)13-11-17)27-23(29)19-7-3-4-8-20(19)24(27)31-15-22(28)26-21-9-5-6-14-25-21/h2*5-6,9-14,16,24H,3-4,7-8,15H2,1-2H3,(H,25,26,28)/t16-,24+;16-,24-/m00/s1. The van der Waals surface area contributed by atoms with Gasteiger partial charge in [0.25, 0.3) is 11.8 Å². The number of pyridine rings is 2. The van der Waals surface area contributed by atoms with Crippen LogP contribution < -0.4 is 20.1 Å². The van der Waals surface area contributed by atoms with Crippen LogP contribution in [-0.2, 0) is 19.2 Å². The van der Waals surface area contributed by atoms with Gasteiger partial charge < -0.3 is 29.9 Å². The Morgan fingerprint density at radius 1 is 0.613 bits per heavy atom. The van der Waals surface area contributed by atoms with E-state index in [2.05, 4.69) is 34.4 Å². The van der Waals surface area contributed by atoms with Gasteiger partial charge in [0.05, 0.1) is 37.8 Å². The van der Waals surface area contributed by atoms with Crippen LogP contribution in [0, 0.1) is 0 Å². The van der Waals surface area contributed by atoms with E-state index in [9.17, 15) is 19.2 Å². The second-order valence-electron chi connectivity index (χ2n) is 15.6. The van der Waals surface area contributed by atoms with Gasteiger partial charge in [-0.3, -0.25) is 19.2 Å². The number of amides is 4. The maximum atomic E-state index is 13.3. The highest BCUT2D eigenvalue weighted by atomic mass is 32.2. The molecule has 0 saturated carbocycles. The van der Waals surface area contributed by atoms with Crippen molar-refractivity contribution in [2.45, 2.75) is 88.0 Å². The molecule has 2 aromatic carbocycles. The van der Waals surface area contributed by atoms with Gasteiger partial charge in [0.2, 0.25) is 11.8 Å². The maximum Gasteiger partial charge on any atom is 0.251 e. The van der Waals surface area contributed by atoms with E-state index in [4.69, 9.17) is 9.47 Å². The number of ether oxygens (including phenoxy) is 2. The van der Waals surface area contributed by atoms with Crippen LogP contribution in [0.1, 0.15) is 88.4 Å². The number of rotatable bonds is 14. The largest absolute Gasteiger partial charge is 0.497 e. The van der Waals surface area contributed by atoms with Crippen molar-refractivity contribution in [1.29, 1.82) is 0 Å². The summed E-state index contributed by atoms with van der Waals surface area (Å²) in [5, 5.41) is 5.43. The van der Waals surface area contributed by atoms with Gasteiger partial charge in [0.15, 0.2) is 0 Å². The number of thioether (sulfide) groups is 2. The number of hydrogen-bond donors (Lipinski definition) is 2. The van der Waals surface area contributed by atoms with Crippen molar-refractivity contribution in [3.8, 4) is 11.5 Å². The highest BCUT2D eigenvalue weighted by molar-refractivity contribution is 8.01. The molecule has 2 N–H and O–H groups in total. The Labute approximate surface area is 372 Å². The van der Waals surface area contributed by atoms with E-state index in [-0.39, 0.29) is 58.0 Å². The first kappa shape index (κ1) is 44.5. The van der Waals surface area contributed by atoms with Gasteiger partial charge in [0, 0.05) is 23.5 Å². The van der Waals surface area contributed by atoms with E-state index in [0.29, 0.717) is 11.6 Å². The van der Waals surface area contributed by atoms with Crippen LogP contribution in [0.15, 0.2) is 120 Å². The lowest BCUT2D eigenvalue weighted by Gasteiger charge is -2.32. The lowest BCUT2D eigenvalue weighted by Crippen LogP contribution is -2.37. The molecule has 0 radical (unpaired) electrons. The number of aromatic nitrogens is 2. The van der Waals surface area contributed by atoms with Gasteiger partial charge in [-0.25, -0.2) is 9.97 Å². The zero-order chi connectivity index (χ0) is 43.6.